The lowest BCUT2D eigenvalue weighted by molar-refractivity contribution is -0.140. The summed E-state index contributed by atoms with van der Waals surface area (Å²) in [6, 6.07) is 7.26. The number of carbonyl (C=O) groups is 1. The fourth-order valence-electron chi connectivity index (χ4n) is 1.85. The summed E-state index contributed by atoms with van der Waals surface area (Å²) in [4.78, 5) is 11.0. The van der Waals surface area contributed by atoms with Gasteiger partial charge in [-0.2, -0.15) is 0 Å². The fraction of sp³-hybridized carbons (Fsp3) is 0.417. The van der Waals surface area contributed by atoms with E-state index in [9.17, 15) is 9.18 Å². The molecular formula is C12H13FO2. The molecule has 0 saturated heterocycles. The van der Waals surface area contributed by atoms with Crippen molar-refractivity contribution >= 4 is 5.97 Å². The van der Waals surface area contributed by atoms with Gasteiger partial charge in [-0.05, 0) is 24.0 Å². The Morgan fingerprint density at radius 2 is 1.93 bits per heavy atom. The monoisotopic (exact) mass is 208 g/mol. The van der Waals surface area contributed by atoms with E-state index < -0.39 is 11.4 Å². The minimum atomic E-state index is -0.749. The fourth-order valence-corrected chi connectivity index (χ4v) is 1.85. The Hall–Kier alpha value is -1.38. The van der Waals surface area contributed by atoms with Crippen LogP contribution in [0.2, 0.25) is 0 Å². The normalized spacial score (nSPS) is 17.4. The Labute approximate surface area is 87.7 Å². The highest BCUT2D eigenvalue weighted by atomic mass is 19.1. The molecule has 0 amide bonds. The first-order valence-corrected chi connectivity index (χ1v) is 5.08. The molecule has 15 heavy (non-hydrogen) atoms. The van der Waals surface area contributed by atoms with Crippen molar-refractivity contribution in [2.75, 3.05) is 6.67 Å². The maximum atomic E-state index is 12.1. The van der Waals surface area contributed by atoms with Crippen LogP contribution in [0.15, 0.2) is 24.3 Å². The molecular weight excluding hydrogens is 195 g/mol. The average molecular weight is 208 g/mol. The summed E-state index contributed by atoms with van der Waals surface area (Å²) in [5, 5.41) is 9.07. The Kier molecular flexibility index (Phi) is 2.47. The first kappa shape index (κ1) is 10.1. The second-order valence-corrected chi connectivity index (χ2v) is 4.02. The summed E-state index contributed by atoms with van der Waals surface area (Å²) in [5.41, 5.74) is 1.12. The largest absolute Gasteiger partial charge is 0.481 e. The molecule has 2 nitrogen and oxygen atoms in total. The van der Waals surface area contributed by atoms with E-state index in [4.69, 9.17) is 5.11 Å². The standard InChI is InChI=1S/C12H13FO2/c13-8-5-9-1-3-10(4-2-9)12(6-7-12)11(14)15/h1-4H,5-8H2,(H,14,15). The third-order valence-electron chi connectivity index (χ3n) is 3.05. The number of hydrogen-bond acceptors (Lipinski definition) is 1. The van der Waals surface area contributed by atoms with E-state index in [-0.39, 0.29) is 6.67 Å². The van der Waals surface area contributed by atoms with Crippen molar-refractivity contribution in [1.29, 1.82) is 0 Å². The predicted molar refractivity (Wildman–Crippen MR) is 54.7 cm³/mol. The van der Waals surface area contributed by atoms with Crippen molar-refractivity contribution in [2.45, 2.75) is 24.7 Å². The zero-order valence-corrected chi connectivity index (χ0v) is 8.37. The van der Waals surface area contributed by atoms with E-state index in [1.165, 1.54) is 0 Å². The lowest BCUT2D eigenvalue weighted by atomic mass is 9.95. The molecule has 1 saturated carbocycles. The second kappa shape index (κ2) is 3.65. The van der Waals surface area contributed by atoms with Crippen LogP contribution in [0.3, 0.4) is 0 Å². The van der Waals surface area contributed by atoms with Crippen molar-refractivity contribution in [3.63, 3.8) is 0 Å². The van der Waals surface area contributed by atoms with Crippen molar-refractivity contribution in [3.8, 4) is 0 Å². The van der Waals surface area contributed by atoms with E-state index >= 15 is 0 Å². The van der Waals surface area contributed by atoms with Gasteiger partial charge in [-0.15, -0.1) is 0 Å². The molecule has 80 valence electrons. The highest BCUT2D eigenvalue weighted by Gasteiger charge is 2.51. The van der Waals surface area contributed by atoms with Crippen molar-refractivity contribution in [3.05, 3.63) is 35.4 Å². The van der Waals surface area contributed by atoms with Crippen LogP contribution < -0.4 is 0 Å². The van der Waals surface area contributed by atoms with Gasteiger partial charge in [0.1, 0.15) is 0 Å². The Morgan fingerprint density at radius 3 is 2.33 bits per heavy atom. The summed E-state index contributed by atoms with van der Waals surface area (Å²) in [7, 11) is 0. The second-order valence-electron chi connectivity index (χ2n) is 4.02. The summed E-state index contributed by atoms with van der Waals surface area (Å²) < 4.78 is 12.1. The van der Waals surface area contributed by atoms with Crippen LogP contribution in [0, 0.1) is 0 Å². The molecule has 0 radical (unpaired) electrons. The first-order valence-electron chi connectivity index (χ1n) is 5.08. The molecule has 1 aliphatic carbocycles. The quantitative estimate of drug-likeness (QED) is 0.824. The molecule has 0 bridgehead atoms. The molecule has 3 heteroatoms. The van der Waals surface area contributed by atoms with Crippen molar-refractivity contribution in [1.82, 2.24) is 0 Å². The van der Waals surface area contributed by atoms with Gasteiger partial charge in [0, 0.05) is 6.42 Å². The van der Waals surface area contributed by atoms with Crippen LogP contribution in [0.5, 0.6) is 0 Å². The lowest BCUT2D eigenvalue weighted by Gasteiger charge is -2.10. The Balaban J connectivity index is 2.20. The molecule has 0 unspecified atom stereocenters. The van der Waals surface area contributed by atoms with E-state index in [1.54, 1.807) is 0 Å². The molecule has 0 aromatic heterocycles. The van der Waals surface area contributed by atoms with Crippen LogP contribution in [0.1, 0.15) is 24.0 Å². The van der Waals surface area contributed by atoms with Gasteiger partial charge in [-0.1, -0.05) is 24.3 Å². The van der Waals surface area contributed by atoms with Gasteiger partial charge in [0.15, 0.2) is 0 Å². The third-order valence-corrected chi connectivity index (χ3v) is 3.05. The van der Waals surface area contributed by atoms with Crippen molar-refractivity contribution < 1.29 is 14.3 Å². The Bertz CT molecular complexity index is 366. The molecule has 1 N–H and O–H groups in total. The number of halogens is 1. The number of rotatable bonds is 4. The van der Waals surface area contributed by atoms with Gasteiger partial charge in [-0.25, -0.2) is 0 Å². The number of aliphatic carboxylic acids is 1. The summed E-state index contributed by atoms with van der Waals surface area (Å²) in [6.45, 7) is -0.372. The highest BCUT2D eigenvalue weighted by molar-refractivity contribution is 5.84. The minimum Gasteiger partial charge on any atom is -0.481 e. The maximum absolute atomic E-state index is 12.1. The van der Waals surface area contributed by atoms with Gasteiger partial charge >= 0.3 is 5.97 Å². The van der Waals surface area contributed by atoms with E-state index in [0.29, 0.717) is 19.3 Å². The van der Waals surface area contributed by atoms with Crippen LogP contribution in [-0.2, 0) is 16.6 Å². The third kappa shape index (κ3) is 1.74. The van der Waals surface area contributed by atoms with Gasteiger partial charge < -0.3 is 5.11 Å². The van der Waals surface area contributed by atoms with Crippen molar-refractivity contribution in [2.24, 2.45) is 0 Å². The number of aryl methyl sites for hydroxylation is 1. The number of alkyl halides is 1. The Morgan fingerprint density at radius 1 is 1.33 bits per heavy atom. The zero-order valence-electron chi connectivity index (χ0n) is 8.37. The van der Waals surface area contributed by atoms with Crippen LogP contribution in [-0.4, -0.2) is 17.8 Å². The van der Waals surface area contributed by atoms with E-state index in [1.807, 2.05) is 24.3 Å². The number of carboxylic acids is 1. The summed E-state index contributed by atoms with van der Waals surface area (Å²) in [5.74, 6) is -0.749. The number of hydrogen-bond donors (Lipinski definition) is 1. The number of benzene rings is 1. The van der Waals surface area contributed by atoms with Gasteiger partial charge in [0.25, 0.3) is 0 Å². The smallest absolute Gasteiger partial charge is 0.314 e. The molecule has 1 aromatic rings. The summed E-state index contributed by atoms with van der Waals surface area (Å²) in [6.07, 6.45) is 1.83. The van der Waals surface area contributed by atoms with E-state index in [2.05, 4.69) is 0 Å². The molecule has 0 atom stereocenters. The summed E-state index contributed by atoms with van der Waals surface area (Å²) >= 11 is 0. The first-order chi connectivity index (χ1) is 7.19. The number of carboxylic acid groups (broad SMARTS) is 1. The van der Waals surface area contributed by atoms with Gasteiger partial charge in [0.2, 0.25) is 0 Å². The molecule has 1 fully saturated rings. The topological polar surface area (TPSA) is 37.3 Å². The molecule has 1 aliphatic rings. The molecule has 0 spiro atoms. The van der Waals surface area contributed by atoms with Crippen LogP contribution in [0.4, 0.5) is 4.39 Å². The van der Waals surface area contributed by atoms with E-state index in [0.717, 1.165) is 11.1 Å². The molecule has 1 aromatic carbocycles. The molecule has 0 heterocycles. The molecule has 2 rings (SSSR count). The van der Waals surface area contributed by atoms with Gasteiger partial charge in [0.05, 0.1) is 12.1 Å². The predicted octanol–water partition coefficient (Wildman–Crippen LogP) is 2.31. The molecule has 0 aliphatic heterocycles. The SMILES string of the molecule is O=C(O)C1(c2ccc(CCF)cc2)CC1. The lowest BCUT2D eigenvalue weighted by Crippen LogP contribution is -2.19. The highest BCUT2D eigenvalue weighted by Crippen LogP contribution is 2.48. The van der Waals surface area contributed by atoms with Gasteiger partial charge in [-0.3, -0.25) is 9.18 Å². The zero-order chi connectivity index (χ0) is 10.9. The minimum absolute atomic E-state index is 0.372. The van der Waals surface area contributed by atoms with Crippen LogP contribution >= 0.6 is 0 Å². The maximum Gasteiger partial charge on any atom is 0.314 e. The average Bonchev–Trinajstić information content (AvgIpc) is 3.00. The van der Waals surface area contributed by atoms with Crippen LogP contribution in [0.25, 0.3) is 0 Å².